The molecule has 1 unspecified atom stereocenters. The number of halogens is 1. The van der Waals surface area contributed by atoms with E-state index in [0.717, 1.165) is 18.5 Å². The predicted molar refractivity (Wildman–Crippen MR) is 78.2 cm³/mol. The maximum atomic E-state index is 11.1. The third-order valence-corrected chi connectivity index (χ3v) is 4.23. The van der Waals surface area contributed by atoms with E-state index in [1.807, 2.05) is 12.1 Å². The smallest absolute Gasteiger partial charge is 0.274 e. The summed E-state index contributed by atoms with van der Waals surface area (Å²) in [4.78, 5) is 12.1. The molecule has 1 aromatic carbocycles. The van der Waals surface area contributed by atoms with Crippen molar-refractivity contribution in [2.45, 2.75) is 12.5 Å². The highest BCUT2D eigenvalue weighted by molar-refractivity contribution is 7.10. The van der Waals surface area contributed by atoms with Crippen LogP contribution >= 0.6 is 23.7 Å². The number of hydrogen-bond donors (Lipinski definition) is 1. The molecule has 1 aliphatic rings. The van der Waals surface area contributed by atoms with Crippen LogP contribution in [0.4, 0.5) is 5.69 Å². The van der Waals surface area contributed by atoms with Crippen molar-refractivity contribution >= 4 is 29.4 Å². The van der Waals surface area contributed by atoms with Crippen LogP contribution in [0.2, 0.25) is 0 Å². The molecule has 0 bridgehead atoms. The molecule has 0 saturated heterocycles. The van der Waals surface area contributed by atoms with Gasteiger partial charge in [0.2, 0.25) is 0 Å². The Morgan fingerprint density at radius 3 is 2.84 bits per heavy atom. The normalized spacial score (nSPS) is 17.4. The van der Waals surface area contributed by atoms with Crippen LogP contribution in [0.5, 0.6) is 0 Å². The molecular weight excluding hydrogens is 284 g/mol. The van der Waals surface area contributed by atoms with Crippen LogP contribution in [0.25, 0.3) is 0 Å². The average Bonchev–Trinajstić information content (AvgIpc) is 2.86. The van der Waals surface area contributed by atoms with Gasteiger partial charge < -0.3 is 5.32 Å². The maximum Gasteiger partial charge on any atom is 0.274 e. The first-order chi connectivity index (χ1) is 8.77. The summed E-state index contributed by atoms with van der Waals surface area (Å²) in [5.41, 5.74) is 2.12. The molecule has 0 radical (unpaired) electrons. The number of hydrogen-bond acceptors (Lipinski definition) is 4. The van der Waals surface area contributed by atoms with Gasteiger partial charge in [0.1, 0.15) is 0 Å². The molecule has 1 aromatic heterocycles. The van der Waals surface area contributed by atoms with Gasteiger partial charge in [-0.25, -0.2) is 0 Å². The molecule has 2 heterocycles. The highest BCUT2D eigenvalue weighted by Gasteiger charge is 2.27. The molecule has 0 spiro atoms. The standard InChI is InChI=1S/C13H12N2O2S.ClH/c16-15(17)11-4-2-1-3-9(11)13-10-6-8-18-12(10)5-7-14-13;/h1-4,6,8,13-14H,5,7H2;1H. The minimum Gasteiger partial charge on any atom is -0.306 e. The molecule has 100 valence electrons. The highest BCUT2D eigenvalue weighted by Crippen LogP contribution is 2.35. The molecule has 19 heavy (non-hydrogen) atoms. The predicted octanol–water partition coefficient (Wildman–Crippen LogP) is 3.31. The second-order valence-electron chi connectivity index (χ2n) is 4.25. The van der Waals surface area contributed by atoms with Gasteiger partial charge >= 0.3 is 0 Å². The van der Waals surface area contributed by atoms with Crippen molar-refractivity contribution in [1.82, 2.24) is 5.32 Å². The van der Waals surface area contributed by atoms with Crippen LogP contribution in [-0.4, -0.2) is 11.5 Å². The van der Waals surface area contributed by atoms with Crippen LogP contribution < -0.4 is 5.32 Å². The number of benzene rings is 1. The molecule has 1 aliphatic heterocycles. The van der Waals surface area contributed by atoms with Crippen molar-refractivity contribution in [2.75, 3.05) is 6.54 Å². The lowest BCUT2D eigenvalue weighted by Gasteiger charge is -2.24. The number of thiophene rings is 1. The van der Waals surface area contributed by atoms with Gasteiger partial charge in [0.15, 0.2) is 0 Å². The van der Waals surface area contributed by atoms with Crippen molar-refractivity contribution in [1.29, 1.82) is 0 Å². The zero-order chi connectivity index (χ0) is 12.5. The first-order valence-corrected chi connectivity index (χ1v) is 6.68. The van der Waals surface area contributed by atoms with Gasteiger partial charge in [-0.15, -0.1) is 23.7 Å². The molecule has 0 amide bonds. The maximum absolute atomic E-state index is 11.1. The van der Waals surface area contributed by atoms with Gasteiger partial charge in [-0.2, -0.15) is 0 Å². The SMILES string of the molecule is Cl.O=[N+]([O-])c1ccccc1C1NCCc2sccc21. The Morgan fingerprint density at radius 1 is 1.26 bits per heavy atom. The van der Waals surface area contributed by atoms with Crippen molar-refractivity contribution in [3.63, 3.8) is 0 Å². The Labute approximate surface area is 121 Å². The van der Waals surface area contributed by atoms with E-state index in [4.69, 9.17) is 0 Å². The summed E-state index contributed by atoms with van der Waals surface area (Å²) in [6.07, 6.45) is 1.00. The number of para-hydroxylation sites is 1. The number of nitrogens with zero attached hydrogens (tertiary/aromatic N) is 1. The molecule has 3 rings (SSSR count). The van der Waals surface area contributed by atoms with Gasteiger partial charge in [-0.05, 0) is 23.4 Å². The van der Waals surface area contributed by atoms with Crippen molar-refractivity contribution < 1.29 is 4.92 Å². The zero-order valence-corrected chi connectivity index (χ0v) is 11.7. The van der Waals surface area contributed by atoms with Crippen LogP contribution in [0, 0.1) is 10.1 Å². The lowest BCUT2D eigenvalue weighted by Crippen LogP contribution is -2.29. The van der Waals surface area contributed by atoms with E-state index in [-0.39, 0.29) is 29.1 Å². The Morgan fingerprint density at radius 2 is 2.05 bits per heavy atom. The fraction of sp³-hybridized carbons (Fsp3) is 0.231. The summed E-state index contributed by atoms with van der Waals surface area (Å²) in [6, 6.07) is 8.97. The van der Waals surface area contributed by atoms with E-state index in [1.54, 1.807) is 23.5 Å². The third-order valence-electron chi connectivity index (χ3n) is 3.24. The summed E-state index contributed by atoms with van der Waals surface area (Å²) >= 11 is 1.73. The quantitative estimate of drug-likeness (QED) is 0.683. The van der Waals surface area contributed by atoms with Gasteiger partial charge in [-0.1, -0.05) is 18.2 Å². The van der Waals surface area contributed by atoms with E-state index in [1.165, 1.54) is 10.4 Å². The first kappa shape index (κ1) is 14.0. The molecule has 6 heteroatoms. The fourth-order valence-corrected chi connectivity index (χ4v) is 3.35. The lowest BCUT2D eigenvalue weighted by atomic mass is 9.94. The molecule has 2 aromatic rings. The Balaban J connectivity index is 0.00000133. The average molecular weight is 297 g/mol. The molecular formula is C13H13ClN2O2S. The second kappa shape index (κ2) is 5.69. The molecule has 1 atom stereocenters. The van der Waals surface area contributed by atoms with E-state index in [2.05, 4.69) is 16.8 Å². The monoisotopic (exact) mass is 296 g/mol. The van der Waals surface area contributed by atoms with Crippen LogP contribution in [-0.2, 0) is 6.42 Å². The summed E-state index contributed by atoms with van der Waals surface area (Å²) in [5, 5.41) is 16.5. The fourth-order valence-electron chi connectivity index (χ4n) is 2.43. The molecule has 1 N–H and O–H groups in total. The number of nitrogens with one attached hydrogen (secondary N) is 1. The van der Waals surface area contributed by atoms with E-state index in [9.17, 15) is 10.1 Å². The third kappa shape index (κ3) is 2.49. The second-order valence-corrected chi connectivity index (χ2v) is 5.25. The lowest BCUT2D eigenvalue weighted by molar-refractivity contribution is -0.385. The van der Waals surface area contributed by atoms with Gasteiger partial charge in [0, 0.05) is 17.5 Å². The van der Waals surface area contributed by atoms with E-state index in [0.29, 0.717) is 0 Å². The Kier molecular flexibility index (Phi) is 4.19. The number of rotatable bonds is 2. The summed E-state index contributed by atoms with van der Waals surface area (Å²) in [6.45, 7) is 0.865. The minimum absolute atomic E-state index is 0. The number of nitro groups is 1. The van der Waals surface area contributed by atoms with Crippen LogP contribution in [0.3, 0.4) is 0 Å². The summed E-state index contributed by atoms with van der Waals surface area (Å²) in [7, 11) is 0. The Hall–Kier alpha value is -1.43. The van der Waals surface area contributed by atoms with Crippen molar-refractivity contribution in [3.05, 3.63) is 61.8 Å². The molecule has 0 saturated carbocycles. The van der Waals surface area contributed by atoms with Gasteiger partial charge in [0.05, 0.1) is 16.5 Å². The van der Waals surface area contributed by atoms with E-state index < -0.39 is 0 Å². The Bertz CT molecular complexity index is 600. The largest absolute Gasteiger partial charge is 0.306 e. The molecule has 0 fully saturated rings. The van der Waals surface area contributed by atoms with E-state index >= 15 is 0 Å². The highest BCUT2D eigenvalue weighted by atomic mass is 35.5. The van der Waals surface area contributed by atoms with Crippen LogP contribution in [0.1, 0.15) is 22.0 Å². The van der Waals surface area contributed by atoms with Crippen LogP contribution in [0.15, 0.2) is 35.7 Å². The molecule has 0 aliphatic carbocycles. The topological polar surface area (TPSA) is 55.2 Å². The van der Waals surface area contributed by atoms with Gasteiger partial charge in [-0.3, -0.25) is 10.1 Å². The summed E-state index contributed by atoms with van der Waals surface area (Å²) < 4.78 is 0. The first-order valence-electron chi connectivity index (χ1n) is 5.80. The number of nitro benzene ring substituents is 1. The summed E-state index contributed by atoms with van der Waals surface area (Å²) in [5.74, 6) is 0. The number of fused-ring (bicyclic) bond motifs is 1. The van der Waals surface area contributed by atoms with Gasteiger partial charge in [0.25, 0.3) is 5.69 Å². The molecule has 4 nitrogen and oxygen atoms in total. The van der Waals surface area contributed by atoms with Crippen molar-refractivity contribution in [2.24, 2.45) is 0 Å². The zero-order valence-electron chi connectivity index (χ0n) is 10.0. The minimum atomic E-state index is -0.308. The van der Waals surface area contributed by atoms with Crippen molar-refractivity contribution in [3.8, 4) is 0 Å².